The fourth-order valence-corrected chi connectivity index (χ4v) is 3.49. The molecule has 1 aromatic carbocycles. The Morgan fingerprint density at radius 1 is 1.28 bits per heavy atom. The van der Waals surface area contributed by atoms with Crippen molar-refractivity contribution in [2.24, 2.45) is 5.92 Å². The summed E-state index contributed by atoms with van der Waals surface area (Å²) in [6.07, 6.45) is 5.90. The van der Waals surface area contributed by atoms with Gasteiger partial charge in [-0.15, -0.1) is 0 Å². The minimum absolute atomic E-state index is 0.0435. The van der Waals surface area contributed by atoms with Gasteiger partial charge in [0.25, 0.3) is 0 Å². The number of amides is 1. The highest BCUT2D eigenvalue weighted by molar-refractivity contribution is 5.90. The first-order chi connectivity index (χ1) is 12.2. The summed E-state index contributed by atoms with van der Waals surface area (Å²) < 4.78 is 19.7. The molecule has 2 saturated heterocycles. The van der Waals surface area contributed by atoms with Gasteiger partial charge >= 0.3 is 0 Å². The van der Waals surface area contributed by atoms with E-state index in [-0.39, 0.29) is 17.8 Å². The van der Waals surface area contributed by atoms with Crippen molar-refractivity contribution >= 4 is 17.3 Å². The standard InChI is InChI=1S/C19H28FN3O2/c20-17-12-15(4-5-18(17)22-13-16-2-1-11-25-16)23-19(24)6-3-14-7-9-21-10-8-14/h4-5,12,14,16,21-22H,1-3,6-11,13H2,(H,23,24). The van der Waals surface area contributed by atoms with E-state index in [0.717, 1.165) is 51.8 Å². The van der Waals surface area contributed by atoms with Crippen LogP contribution < -0.4 is 16.0 Å². The number of rotatable bonds is 7. The van der Waals surface area contributed by atoms with Crippen molar-refractivity contribution in [1.82, 2.24) is 5.32 Å². The first-order valence-electron chi connectivity index (χ1n) is 9.36. The van der Waals surface area contributed by atoms with Crippen molar-refractivity contribution in [1.29, 1.82) is 0 Å². The minimum atomic E-state index is -0.353. The lowest BCUT2D eigenvalue weighted by Crippen LogP contribution is -2.28. The molecule has 1 aromatic rings. The average Bonchev–Trinajstić information content (AvgIpc) is 3.14. The number of hydrogen-bond donors (Lipinski definition) is 3. The molecule has 25 heavy (non-hydrogen) atoms. The number of benzene rings is 1. The fraction of sp³-hybridized carbons (Fsp3) is 0.632. The second kappa shape index (κ2) is 9.15. The van der Waals surface area contributed by atoms with Crippen molar-refractivity contribution in [2.45, 2.75) is 44.6 Å². The zero-order valence-electron chi connectivity index (χ0n) is 14.7. The zero-order valence-corrected chi connectivity index (χ0v) is 14.7. The highest BCUT2D eigenvalue weighted by atomic mass is 19.1. The number of halogens is 1. The highest BCUT2D eigenvalue weighted by Crippen LogP contribution is 2.22. The van der Waals surface area contributed by atoms with Crippen LogP contribution in [0.1, 0.15) is 38.5 Å². The van der Waals surface area contributed by atoms with E-state index in [1.165, 1.54) is 6.07 Å². The number of carbonyl (C=O) groups is 1. The molecule has 5 nitrogen and oxygen atoms in total. The Morgan fingerprint density at radius 2 is 2.12 bits per heavy atom. The van der Waals surface area contributed by atoms with Gasteiger partial charge < -0.3 is 20.7 Å². The van der Waals surface area contributed by atoms with Gasteiger partial charge in [-0.2, -0.15) is 0 Å². The van der Waals surface area contributed by atoms with E-state index in [4.69, 9.17) is 4.74 Å². The van der Waals surface area contributed by atoms with Crippen molar-refractivity contribution in [3.05, 3.63) is 24.0 Å². The van der Waals surface area contributed by atoms with Crippen molar-refractivity contribution < 1.29 is 13.9 Å². The lowest BCUT2D eigenvalue weighted by atomic mass is 9.93. The van der Waals surface area contributed by atoms with E-state index in [9.17, 15) is 9.18 Å². The van der Waals surface area contributed by atoms with Crippen molar-refractivity contribution in [3.63, 3.8) is 0 Å². The molecule has 3 N–H and O–H groups in total. The third-order valence-electron chi connectivity index (χ3n) is 5.04. The van der Waals surface area contributed by atoms with Gasteiger partial charge in [0.1, 0.15) is 5.82 Å². The largest absolute Gasteiger partial charge is 0.380 e. The molecule has 2 aliphatic rings. The van der Waals surface area contributed by atoms with Crippen LogP contribution in [0, 0.1) is 11.7 Å². The number of hydrogen-bond acceptors (Lipinski definition) is 4. The molecule has 2 aliphatic heterocycles. The lowest BCUT2D eigenvalue weighted by Gasteiger charge is -2.22. The molecule has 0 aliphatic carbocycles. The van der Waals surface area contributed by atoms with Crippen LogP contribution in [-0.2, 0) is 9.53 Å². The summed E-state index contributed by atoms with van der Waals surface area (Å²) in [5, 5.41) is 9.21. The smallest absolute Gasteiger partial charge is 0.224 e. The van der Waals surface area contributed by atoms with Crippen LogP contribution in [-0.4, -0.2) is 38.3 Å². The summed E-state index contributed by atoms with van der Waals surface area (Å²) in [4.78, 5) is 12.1. The van der Waals surface area contributed by atoms with Gasteiger partial charge in [-0.05, 0) is 69.3 Å². The predicted molar refractivity (Wildman–Crippen MR) is 97.3 cm³/mol. The van der Waals surface area contributed by atoms with Crippen LogP contribution in [0.2, 0.25) is 0 Å². The zero-order chi connectivity index (χ0) is 17.5. The topological polar surface area (TPSA) is 62.4 Å². The molecule has 3 rings (SSSR count). The Labute approximate surface area is 148 Å². The van der Waals surface area contributed by atoms with Gasteiger partial charge in [0.15, 0.2) is 0 Å². The van der Waals surface area contributed by atoms with Crippen molar-refractivity contribution in [2.75, 3.05) is 36.9 Å². The summed E-state index contributed by atoms with van der Waals surface area (Å²) in [6.45, 7) is 3.48. The van der Waals surface area contributed by atoms with E-state index < -0.39 is 0 Å². The Bertz CT molecular complexity index is 570. The molecule has 0 bridgehead atoms. The second-order valence-corrected chi connectivity index (χ2v) is 6.99. The molecule has 138 valence electrons. The van der Waals surface area contributed by atoms with Crippen LogP contribution in [0.15, 0.2) is 18.2 Å². The molecule has 2 fully saturated rings. The van der Waals surface area contributed by atoms with E-state index >= 15 is 0 Å². The van der Waals surface area contributed by atoms with Crippen molar-refractivity contribution in [3.8, 4) is 0 Å². The summed E-state index contributed by atoms with van der Waals surface area (Å²) >= 11 is 0. The second-order valence-electron chi connectivity index (χ2n) is 6.99. The Balaban J connectivity index is 1.43. The van der Waals surface area contributed by atoms with Crippen LogP contribution in [0.3, 0.4) is 0 Å². The summed E-state index contributed by atoms with van der Waals surface area (Å²) in [5.41, 5.74) is 0.957. The molecule has 0 aromatic heterocycles. The van der Waals surface area contributed by atoms with Crippen LogP contribution in [0.25, 0.3) is 0 Å². The van der Waals surface area contributed by atoms with E-state index in [1.807, 2.05) is 0 Å². The minimum Gasteiger partial charge on any atom is -0.380 e. The summed E-state index contributed by atoms with van der Waals surface area (Å²) in [6, 6.07) is 4.79. The molecule has 6 heteroatoms. The molecule has 1 amide bonds. The molecule has 0 spiro atoms. The Kier molecular flexibility index (Phi) is 6.64. The number of ether oxygens (including phenoxy) is 1. The first-order valence-corrected chi connectivity index (χ1v) is 9.36. The van der Waals surface area contributed by atoms with Gasteiger partial charge in [-0.1, -0.05) is 0 Å². The Morgan fingerprint density at radius 3 is 2.84 bits per heavy atom. The molecular weight excluding hydrogens is 321 g/mol. The lowest BCUT2D eigenvalue weighted by molar-refractivity contribution is -0.116. The van der Waals surface area contributed by atoms with Crippen LogP contribution >= 0.6 is 0 Å². The molecule has 1 unspecified atom stereocenters. The summed E-state index contributed by atoms with van der Waals surface area (Å²) in [7, 11) is 0. The normalized spacial score (nSPS) is 21.2. The molecule has 0 saturated carbocycles. The maximum Gasteiger partial charge on any atom is 0.224 e. The van der Waals surface area contributed by atoms with E-state index in [1.54, 1.807) is 12.1 Å². The molecule has 0 radical (unpaired) electrons. The third-order valence-corrected chi connectivity index (χ3v) is 5.04. The van der Waals surface area contributed by atoms with Crippen LogP contribution in [0.4, 0.5) is 15.8 Å². The monoisotopic (exact) mass is 349 g/mol. The number of piperidine rings is 1. The predicted octanol–water partition coefficient (Wildman–Crippen LogP) is 3.13. The average molecular weight is 349 g/mol. The summed E-state index contributed by atoms with van der Waals surface area (Å²) in [5.74, 6) is 0.222. The SMILES string of the molecule is O=C(CCC1CCNCC1)Nc1ccc(NCC2CCCO2)c(F)c1. The first kappa shape index (κ1) is 18.1. The van der Waals surface area contributed by atoms with Gasteiger partial charge in [0, 0.05) is 25.3 Å². The number of carbonyl (C=O) groups excluding carboxylic acids is 1. The van der Waals surface area contributed by atoms with E-state index in [2.05, 4.69) is 16.0 Å². The van der Waals surface area contributed by atoms with Gasteiger partial charge in [-0.3, -0.25) is 4.79 Å². The maximum atomic E-state index is 14.2. The molecular formula is C19H28FN3O2. The van der Waals surface area contributed by atoms with Gasteiger partial charge in [-0.25, -0.2) is 4.39 Å². The van der Waals surface area contributed by atoms with E-state index in [0.29, 0.717) is 30.3 Å². The quantitative estimate of drug-likeness (QED) is 0.708. The molecule has 2 heterocycles. The third kappa shape index (κ3) is 5.68. The van der Waals surface area contributed by atoms with Crippen LogP contribution in [0.5, 0.6) is 0 Å². The maximum absolute atomic E-state index is 14.2. The highest BCUT2D eigenvalue weighted by Gasteiger charge is 2.16. The molecule has 1 atom stereocenters. The van der Waals surface area contributed by atoms with Gasteiger partial charge in [0.2, 0.25) is 5.91 Å². The fourth-order valence-electron chi connectivity index (χ4n) is 3.49. The number of anilines is 2. The Hall–Kier alpha value is -1.66. The number of nitrogens with one attached hydrogen (secondary N) is 3. The van der Waals surface area contributed by atoms with Gasteiger partial charge in [0.05, 0.1) is 11.8 Å².